The van der Waals surface area contributed by atoms with Crippen molar-refractivity contribution in [3.05, 3.63) is 52.8 Å². The normalized spacial score (nSPS) is 10.3. The Hall–Kier alpha value is -1.94. The lowest BCUT2D eigenvalue weighted by Crippen LogP contribution is -2.00. The molecule has 0 spiro atoms. The Bertz CT molecular complexity index is 590. The summed E-state index contributed by atoms with van der Waals surface area (Å²) in [7, 11) is 1.38. The van der Waals surface area contributed by atoms with E-state index in [2.05, 4.69) is 0 Å². The SMILES string of the molecule is COc1cc(OCc2cccc(Cl)c2)c(N)cc1F. The first kappa shape index (κ1) is 13.5. The third-order valence-corrected chi connectivity index (χ3v) is 2.80. The van der Waals surface area contributed by atoms with Crippen LogP contribution in [0.3, 0.4) is 0 Å². The Morgan fingerprint density at radius 3 is 2.68 bits per heavy atom. The molecule has 2 N–H and O–H groups in total. The van der Waals surface area contributed by atoms with Gasteiger partial charge in [-0.2, -0.15) is 0 Å². The largest absolute Gasteiger partial charge is 0.494 e. The maximum absolute atomic E-state index is 13.4. The second-order valence-electron chi connectivity index (χ2n) is 3.94. The van der Waals surface area contributed by atoms with Gasteiger partial charge < -0.3 is 15.2 Å². The molecule has 0 bridgehead atoms. The first-order valence-corrected chi connectivity index (χ1v) is 5.98. The van der Waals surface area contributed by atoms with Crippen LogP contribution < -0.4 is 15.2 Å². The van der Waals surface area contributed by atoms with Crippen molar-refractivity contribution in [2.75, 3.05) is 12.8 Å². The Labute approximate surface area is 115 Å². The highest BCUT2D eigenvalue weighted by atomic mass is 35.5. The van der Waals surface area contributed by atoms with Gasteiger partial charge in [-0.05, 0) is 17.7 Å². The van der Waals surface area contributed by atoms with E-state index >= 15 is 0 Å². The number of rotatable bonds is 4. The fraction of sp³-hybridized carbons (Fsp3) is 0.143. The van der Waals surface area contributed by atoms with Gasteiger partial charge in [0.1, 0.15) is 12.4 Å². The molecule has 2 aromatic carbocycles. The van der Waals surface area contributed by atoms with Crippen molar-refractivity contribution in [2.45, 2.75) is 6.61 Å². The predicted octanol–water partition coefficient (Wildman–Crippen LogP) is 3.65. The van der Waals surface area contributed by atoms with Crippen molar-refractivity contribution in [3.63, 3.8) is 0 Å². The van der Waals surface area contributed by atoms with E-state index in [1.54, 1.807) is 12.1 Å². The molecule has 0 aliphatic heterocycles. The van der Waals surface area contributed by atoms with Crippen LogP contribution in [0.5, 0.6) is 11.5 Å². The van der Waals surface area contributed by atoms with Gasteiger partial charge in [-0.3, -0.25) is 0 Å². The second-order valence-corrected chi connectivity index (χ2v) is 4.38. The van der Waals surface area contributed by atoms with Crippen molar-refractivity contribution in [1.29, 1.82) is 0 Å². The van der Waals surface area contributed by atoms with Crippen LogP contribution in [0.15, 0.2) is 36.4 Å². The minimum atomic E-state index is -0.518. The number of methoxy groups -OCH3 is 1. The molecule has 0 saturated heterocycles. The van der Waals surface area contributed by atoms with Crippen LogP contribution in [-0.4, -0.2) is 7.11 Å². The standard InChI is InChI=1S/C14H13ClFNO2/c1-18-13-7-14(12(17)6-11(13)16)19-8-9-3-2-4-10(15)5-9/h2-7H,8,17H2,1H3. The fourth-order valence-corrected chi connectivity index (χ4v) is 1.83. The highest BCUT2D eigenvalue weighted by Gasteiger charge is 2.09. The minimum absolute atomic E-state index is 0.0929. The van der Waals surface area contributed by atoms with E-state index < -0.39 is 5.82 Å². The van der Waals surface area contributed by atoms with Gasteiger partial charge in [0.15, 0.2) is 11.6 Å². The molecule has 0 amide bonds. The van der Waals surface area contributed by atoms with Crippen molar-refractivity contribution in [1.82, 2.24) is 0 Å². The van der Waals surface area contributed by atoms with Crippen molar-refractivity contribution >= 4 is 17.3 Å². The van der Waals surface area contributed by atoms with Crippen LogP contribution >= 0.6 is 11.6 Å². The number of benzene rings is 2. The summed E-state index contributed by atoms with van der Waals surface area (Å²) in [5.74, 6) is -0.0522. The molecule has 0 atom stereocenters. The predicted molar refractivity (Wildman–Crippen MR) is 73.1 cm³/mol. The van der Waals surface area contributed by atoms with Gasteiger partial charge in [-0.15, -0.1) is 0 Å². The molecule has 2 rings (SSSR count). The Balaban J connectivity index is 2.15. The van der Waals surface area contributed by atoms with E-state index in [1.807, 2.05) is 12.1 Å². The number of hydrogen-bond donors (Lipinski definition) is 1. The Morgan fingerprint density at radius 1 is 1.21 bits per heavy atom. The van der Waals surface area contributed by atoms with E-state index in [9.17, 15) is 4.39 Å². The third-order valence-electron chi connectivity index (χ3n) is 2.57. The summed E-state index contributed by atoms with van der Waals surface area (Å²) in [5.41, 5.74) is 6.81. The number of anilines is 1. The molecule has 0 saturated carbocycles. The summed E-state index contributed by atoms with van der Waals surface area (Å²) in [6, 6.07) is 9.87. The van der Waals surface area contributed by atoms with Gasteiger partial charge in [-0.1, -0.05) is 23.7 Å². The first-order valence-electron chi connectivity index (χ1n) is 5.60. The summed E-state index contributed by atoms with van der Waals surface area (Å²) in [6.07, 6.45) is 0. The summed E-state index contributed by atoms with van der Waals surface area (Å²) < 4.78 is 23.8. The van der Waals surface area contributed by atoms with Crippen LogP contribution in [0, 0.1) is 5.82 Å². The van der Waals surface area contributed by atoms with Gasteiger partial charge in [0.2, 0.25) is 0 Å². The summed E-state index contributed by atoms with van der Waals surface area (Å²) in [6.45, 7) is 0.291. The molecule has 0 aliphatic rings. The molecule has 2 aromatic rings. The zero-order valence-corrected chi connectivity index (χ0v) is 11.1. The van der Waals surface area contributed by atoms with Gasteiger partial charge in [-0.25, -0.2) is 4.39 Å². The molecule has 0 aromatic heterocycles. The summed E-state index contributed by atoms with van der Waals surface area (Å²) >= 11 is 5.88. The second kappa shape index (κ2) is 5.80. The number of halogens is 2. The lowest BCUT2D eigenvalue weighted by atomic mass is 10.2. The van der Waals surface area contributed by atoms with E-state index in [4.69, 9.17) is 26.8 Å². The van der Waals surface area contributed by atoms with Crippen LogP contribution in [0.2, 0.25) is 5.02 Å². The monoisotopic (exact) mass is 281 g/mol. The summed E-state index contributed by atoms with van der Waals surface area (Å²) in [4.78, 5) is 0. The molecule has 0 aliphatic carbocycles. The maximum atomic E-state index is 13.4. The van der Waals surface area contributed by atoms with Crippen LogP contribution in [0.25, 0.3) is 0 Å². The molecule has 0 fully saturated rings. The smallest absolute Gasteiger partial charge is 0.167 e. The van der Waals surface area contributed by atoms with E-state index in [0.29, 0.717) is 17.4 Å². The highest BCUT2D eigenvalue weighted by molar-refractivity contribution is 6.30. The van der Waals surface area contributed by atoms with Crippen molar-refractivity contribution in [2.24, 2.45) is 0 Å². The van der Waals surface area contributed by atoms with Gasteiger partial charge in [0, 0.05) is 17.2 Å². The number of nitrogens with two attached hydrogens (primary N) is 1. The quantitative estimate of drug-likeness (QED) is 0.870. The van der Waals surface area contributed by atoms with E-state index in [0.717, 1.165) is 5.56 Å². The average Bonchev–Trinajstić information content (AvgIpc) is 2.38. The zero-order chi connectivity index (χ0) is 13.8. The maximum Gasteiger partial charge on any atom is 0.167 e. The Morgan fingerprint density at radius 2 is 2.00 bits per heavy atom. The lowest BCUT2D eigenvalue weighted by Gasteiger charge is -2.11. The molecule has 5 heteroatoms. The lowest BCUT2D eigenvalue weighted by molar-refractivity contribution is 0.303. The highest BCUT2D eigenvalue weighted by Crippen LogP contribution is 2.30. The molecule has 19 heavy (non-hydrogen) atoms. The molecule has 100 valence electrons. The van der Waals surface area contributed by atoms with Crippen molar-refractivity contribution < 1.29 is 13.9 Å². The van der Waals surface area contributed by atoms with Gasteiger partial charge in [0.25, 0.3) is 0 Å². The van der Waals surface area contributed by atoms with Gasteiger partial charge >= 0.3 is 0 Å². The van der Waals surface area contributed by atoms with Crippen LogP contribution in [-0.2, 0) is 6.61 Å². The van der Waals surface area contributed by atoms with E-state index in [-0.39, 0.29) is 11.4 Å². The molecule has 0 radical (unpaired) electrons. The van der Waals surface area contributed by atoms with Crippen LogP contribution in [0.1, 0.15) is 5.56 Å². The zero-order valence-electron chi connectivity index (χ0n) is 10.3. The number of hydrogen-bond acceptors (Lipinski definition) is 3. The minimum Gasteiger partial charge on any atom is -0.494 e. The van der Waals surface area contributed by atoms with Crippen LogP contribution in [0.4, 0.5) is 10.1 Å². The third kappa shape index (κ3) is 3.29. The molecular weight excluding hydrogens is 269 g/mol. The molecule has 0 heterocycles. The molecule has 3 nitrogen and oxygen atoms in total. The average molecular weight is 282 g/mol. The number of nitrogen functional groups attached to an aromatic ring is 1. The molecule has 0 unspecified atom stereocenters. The van der Waals surface area contributed by atoms with Crippen molar-refractivity contribution in [3.8, 4) is 11.5 Å². The Kier molecular flexibility index (Phi) is 4.12. The fourth-order valence-electron chi connectivity index (χ4n) is 1.62. The summed E-state index contributed by atoms with van der Waals surface area (Å²) in [5, 5.41) is 0.630. The topological polar surface area (TPSA) is 44.5 Å². The first-order chi connectivity index (χ1) is 9.10. The number of ether oxygens (including phenoxy) is 2. The van der Waals surface area contributed by atoms with Gasteiger partial charge in [0.05, 0.1) is 12.8 Å². The van der Waals surface area contributed by atoms with E-state index in [1.165, 1.54) is 19.2 Å². The molecular formula is C14H13ClFNO2.